The second-order valence-electron chi connectivity index (χ2n) is 5.77. The SMILES string of the molecule is COc1ccc(OC2CCN(C(=O)CCc3ccccc3)C2)nn1. The van der Waals surface area contributed by atoms with Gasteiger partial charge in [-0.2, -0.15) is 0 Å². The predicted octanol–water partition coefficient (Wildman–Crippen LogP) is 2.10. The lowest BCUT2D eigenvalue weighted by Gasteiger charge is -2.17. The molecular formula is C18H21N3O3. The number of likely N-dealkylation sites (tertiary alicyclic amines) is 1. The summed E-state index contributed by atoms with van der Waals surface area (Å²) in [6, 6.07) is 13.5. The number of amides is 1. The van der Waals surface area contributed by atoms with Crippen LogP contribution in [0, 0.1) is 0 Å². The van der Waals surface area contributed by atoms with Gasteiger partial charge in [-0.05, 0) is 12.0 Å². The molecule has 1 aliphatic heterocycles. The van der Waals surface area contributed by atoms with Crippen LogP contribution in [-0.4, -0.2) is 47.3 Å². The van der Waals surface area contributed by atoms with E-state index in [1.54, 1.807) is 19.2 Å². The molecule has 1 atom stereocenters. The van der Waals surface area contributed by atoms with Gasteiger partial charge in [0.15, 0.2) is 0 Å². The second-order valence-corrected chi connectivity index (χ2v) is 5.77. The Bertz CT molecular complexity index is 661. The number of rotatable bonds is 6. The molecule has 126 valence electrons. The summed E-state index contributed by atoms with van der Waals surface area (Å²) in [6.45, 7) is 1.32. The molecule has 1 amide bonds. The molecule has 2 heterocycles. The first-order chi connectivity index (χ1) is 11.7. The average Bonchev–Trinajstić information content (AvgIpc) is 3.10. The second kappa shape index (κ2) is 7.77. The summed E-state index contributed by atoms with van der Waals surface area (Å²) in [4.78, 5) is 14.2. The van der Waals surface area contributed by atoms with Crippen LogP contribution in [-0.2, 0) is 11.2 Å². The van der Waals surface area contributed by atoms with E-state index in [-0.39, 0.29) is 12.0 Å². The van der Waals surface area contributed by atoms with Crippen LogP contribution >= 0.6 is 0 Å². The summed E-state index contributed by atoms with van der Waals surface area (Å²) in [5.41, 5.74) is 1.19. The summed E-state index contributed by atoms with van der Waals surface area (Å²) in [5, 5.41) is 7.84. The molecule has 0 spiro atoms. The van der Waals surface area contributed by atoms with E-state index < -0.39 is 0 Å². The van der Waals surface area contributed by atoms with E-state index in [4.69, 9.17) is 9.47 Å². The van der Waals surface area contributed by atoms with E-state index >= 15 is 0 Å². The van der Waals surface area contributed by atoms with Crippen molar-refractivity contribution in [1.29, 1.82) is 0 Å². The van der Waals surface area contributed by atoms with Gasteiger partial charge in [-0.3, -0.25) is 4.79 Å². The molecule has 3 rings (SSSR count). The molecule has 24 heavy (non-hydrogen) atoms. The Morgan fingerprint density at radius 3 is 2.62 bits per heavy atom. The van der Waals surface area contributed by atoms with Gasteiger partial charge in [-0.25, -0.2) is 0 Å². The maximum absolute atomic E-state index is 12.3. The Balaban J connectivity index is 1.46. The third-order valence-corrected chi connectivity index (χ3v) is 4.08. The highest BCUT2D eigenvalue weighted by Crippen LogP contribution is 2.18. The minimum atomic E-state index is -0.0339. The number of aromatic nitrogens is 2. The van der Waals surface area contributed by atoms with Crippen LogP contribution in [0.4, 0.5) is 0 Å². The largest absolute Gasteiger partial charge is 0.480 e. The van der Waals surface area contributed by atoms with Crippen LogP contribution in [0.3, 0.4) is 0 Å². The standard InChI is InChI=1S/C18H21N3O3/c1-23-16-8-9-17(20-19-16)24-15-11-12-21(13-15)18(22)10-7-14-5-3-2-4-6-14/h2-6,8-9,15H,7,10-13H2,1H3. The summed E-state index contributed by atoms with van der Waals surface area (Å²) in [7, 11) is 1.54. The molecule has 0 N–H and O–H groups in total. The van der Waals surface area contributed by atoms with Crippen LogP contribution in [0.1, 0.15) is 18.4 Å². The number of benzene rings is 1. The monoisotopic (exact) mass is 327 g/mol. The highest BCUT2D eigenvalue weighted by molar-refractivity contribution is 5.76. The van der Waals surface area contributed by atoms with Gasteiger partial charge in [0.05, 0.1) is 13.7 Å². The number of nitrogens with zero attached hydrogens (tertiary/aromatic N) is 3. The summed E-state index contributed by atoms with van der Waals surface area (Å²) >= 11 is 0. The van der Waals surface area contributed by atoms with Crippen LogP contribution in [0.15, 0.2) is 42.5 Å². The molecule has 1 saturated heterocycles. The van der Waals surface area contributed by atoms with Crippen molar-refractivity contribution < 1.29 is 14.3 Å². The lowest BCUT2D eigenvalue weighted by atomic mass is 10.1. The third-order valence-electron chi connectivity index (χ3n) is 4.08. The molecule has 6 nitrogen and oxygen atoms in total. The summed E-state index contributed by atoms with van der Waals surface area (Å²) in [6.07, 6.45) is 2.07. The fourth-order valence-electron chi connectivity index (χ4n) is 2.76. The van der Waals surface area contributed by atoms with E-state index in [9.17, 15) is 4.79 Å². The molecule has 0 bridgehead atoms. The topological polar surface area (TPSA) is 64.6 Å². The lowest BCUT2D eigenvalue weighted by Crippen LogP contribution is -2.31. The highest BCUT2D eigenvalue weighted by atomic mass is 16.5. The quantitative estimate of drug-likeness (QED) is 0.813. The molecule has 1 unspecified atom stereocenters. The van der Waals surface area contributed by atoms with Crippen molar-refractivity contribution in [3.8, 4) is 11.8 Å². The molecule has 0 radical (unpaired) electrons. The lowest BCUT2D eigenvalue weighted by molar-refractivity contribution is -0.130. The van der Waals surface area contributed by atoms with Crippen molar-refractivity contribution in [2.75, 3.05) is 20.2 Å². The van der Waals surface area contributed by atoms with Gasteiger partial charge >= 0.3 is 0 Å². The molecule has 1 aliphatic rings. The maximum atomic E-state index is 12.3. The van der Waals surface area contributed by atoms with Gasteiger partial charge in [0, 0.05) is 31.5 Å². The van der Waals surface area contributed by atoms with E-state index in [2.05, 4.69) is 10.2 Å². The summed E-state index contributed by atoms with van der Waals surface area (Å²) in [5.74, 6) is 1.08. The van der Waals surface area contributed by atoms with Gasteiger partial charge < -0.3 is 14.4 Å². The minimum absolute atomic E-state index is 0.0339. The summed E-state index contributed by atoms with van der Waals surface area (Å²) < 4.78 is 10.8. The molecular weight excluding hydrogens is 306 g/mol. The molecule has 6 heteroatoms. The zero-order valence-corrected chi connectivity index (χ0v) is 13.7. The number of carbonyl (C=O) groups excluding carboxylic acids is 1. The van der Waals surface area contributed by atoms with E-state index in [1.165, 1.54) is 5.56 Å². The Morgan fingerprint density at radius 1 is 1.17 bits per heavy atom. The highest BCUT2D eigenvalue weighted by Gasteiger charge is 2.27. The van der Waals surface area contributed by atoms with Crippen molar-refractivity contribution >= 4 is 5.91 Å². The fraction of sp³-hybridized carbons (Fsp3) is 0.389. The average molecular weight is 327 g/mol. The van der Waals surface area contributed by atoms with Crippen LogP contribution in [0.5, 0.6) is 11.8 Å². The van der Waals surface area contributed by atoms with Gasteiger partial charge in [0.1, 0.15) is 6.10 Å². The Labute approximate surface area is 141 Å². The number of hydrogen-bond acceptors (Lipinski definition) is 5. The minimum Gasteiger partial charge on any atom is -0.480 e. The number of hydrogen-bond donors (Lipinski definition) is 0. The van der Waals surface area contributed by atoms with Crippen molar-refractivity contribution in [3.63, 3.8) is 0 Å². The number of aryl methyl sites for hydroxylation is 1. The molecule has 2 aromatic rings. The predicted molar refractivity (Wildman–Crippen MR) is 89.0 cm³/mol. The fourth-order valence-corrected chi connectivity index (χ4v) is 2.76. The van der Waals surface area contributed by atoms with Crippen LogP contribution < -0.4 is 9.47 Å². The smallest absolute Gasteiger partial charge is 0.233 e. The van der Waals surface area contributed by atoms with Crippen molar-refractivity contribution in [2.24, 2.45) is 0 Å². The normalized spacial score (nSPS) is 16.9. The number of ether oxygens (including phenoxy) is 2. The van der Waals surface area contributed by atoms with Crippen LogP contribution in [0.2, 0.25) is 0 Å². The Morgan fingerprint density at radius 2 is 1.92 bits per heavy atom. The first-order valence-corrected chi connectivity index (χ1v) is 8.10. The maximum Gasteiger partial charge on any atom is 0.233 e. The Kier molecular flexibility index (Phi) is 5.25. The van der Waals surface area contributed by atoms with Crippen LogP contribution in [0.25, 0.3) is 0 Å². The van der Waals surface area contributed by atoms with E-state index in [1.807, 2.05) is 35.2 Å². The Hall–Kier alpha value is -2.63. The first-order valence-electron chi connectivity index (χ1n) is 8.10. The van der Waals surface area contributed by atoms with Crippen molar-refractivity contribution in [1.82, 2.24) is 15.1 Å². The van der Waals surface area contributed by atoms with Gasteiger partial charge in [-0.1, -0.05) is 30.3 Å². The number of carbonyl (C=O) groups is 1. The zero-order chi connectivity index (χ0) is 16.8. The van der Waals surface area contributed by atoms with E-state index in [0.717, 1.165) is 19.4 Å². The molecule has 1 fully saturated rings. The molecule has 1 aromatic heterocycles. The van der Waals surface area contributed by atoms with Gasteiger partial charge in [0.25, 0.3) is 0 Å². The first kappa shape index (κ1) is 16.2. The van der Waals surface area contributed by atoms with Gasteiger partial charge in [0.2, 0.25) is 17.7 Å². The van der Waals surface area contributed by atoms with E-state index in [0.29, 0.717) is 24.7 Å². The molecule has 0 aliphatic carbocycles. The molecule has 1 aromatic carbocycles. The van der Waals surface area contributed by atoms with Crippen molar-refractivity contribution in [2.45, 2.75) is 25.4 Å². The molecule has 0 saturated carbocycles. The van der Waals surface area contributed by atoms with Crippen molar-refractivity contribution in [3.05, 3.63) is 48.0 Å². The number of methoxy groups -OCH3 is 1. The zero-order valence-electron chi connectivity index (χ0n) is 13.7. The van der Waals surface area contributed by atoms with Gasteiger partial charge in [-0.15, -0.1) is 10.2 Å². The third kappa shape index (κ3) is 4.22.